The minimum Gasteiger partial charge on any atom is -0.474 e. The van der Waals surface area contributed by atoms with Crippen LogP contribution < -0.4 is 10.5 Å². The molecule has 1 heterocycles. The highest BCUT2D eigenvalue weighted by molar-refractivity contribution is 7.80. The van der Waals surface area contributed by atoms with Crippen molar-refractivity contribution in [1.82, 2.24) is 4.98 Å². The molecule has 98 valence electrons. The van der Waals surface area contributed by atoms with Crippen LogP contribution in [0, 0.1) is 5.41 Å². The Hall–Kier alpha value is -1.16. The lowest BCUT2D eigenvalue weighted by Gasteiger charge is -2.34. The van der Waals surface area contributed by atoms with E-state index in [0.29, 0.717) is 22.0 Å². The van der Waals surface area contributed by atoms with Crippen molar-refractivity contribution in [3.63, 3.8) is 0 Å². The molecule has 0 spiro atoms. The Balaban J connectivity index is 1.98. The normalized spacial score (nSPS) is 19.4. The monoisotopic (exact) mass is 264 g/mol. The molecule has 1 aromatic heterocycles. The van der Waals surface area contributed by atoms with Gasteiger partial charge in [0.25, 0.3) is 0 Å². The van der Waals surface area contributed by atoms with Gasteiger partial charge in [-0.1, -0.05) is 32.1 Å². The van der Waals surface area contributed by atoms with Crippen LogP contribution in [0.15, 0.2) is 18.2 Å². The van der Waals surface area contributed by atoms with Crippen LogP contribution in [-0.2, 0) is 0 Å². The molecule has 3 nitrogen and oxygen atoms in total. The van der Waals surface area contributed by atoms with Crippen LogP contribution >= 0.6 is 12.2 Å². The Bertz CT molecular complexity index is 435. The first-order valence-electron chi connectivity index (χ1n) is 6.40. The zero-order valence-electron chi connectivity index (χ0n) is 11.0. The molecule has 18 heavy (non-hydrogen) atoms. The van der Waals surface area contributed by atoms with Gasteiger partial charge in [0.2, 0.25) is 5.88 Å². The summed E-state index contributed by atoms with van der Waals surface area (Å²) in [5.74, 6) is 0.630. The van der Waals surface area contributed by atoms with E-state index in [1.807, 2.05) is 12.1 Å². The average Bonchev–Trinajstić information content (AvgIpc) is 2.32. The van der Waals surface area contributed by atoms with Crippen molar-refractivity contribution < 1.29 is 4.74 Å². The van der Waals surface area contributed by atoms with Crippen LogP contribution in [0.1, 0.15) is 45.2 Å². The second-order valence-electron chi connectivity index (χ2n) is 5.71. The summed E-state index contributed by atoms with van der Waals surface area (Å²) in [6.45, 7) is 4.63. The topological polar surface area (TPSA) is 48.1 Å². The number of thiocarbonyl (C=S) groups is 1. The van der Waals surface area contributed by atoms with Gasteiger partial charge >= 0.3 is 0 Å². The average molecular weight is 264 g/mol. The second-order valence-corrected chi connectivity index (χ2v) is 6.15. The molecule has 0 unspecified atom stereocenters. The maximum absolute atomic E-state index is 5.91. The van der Waals surface area contributed by atoms with Crippen LogP contribution in [0.25, 0.3) is 0 Å². The van der Waals surface area contributed by atoms with Crippen molar-refractivity contribution >= 4 is 17.2 Å². The minimum atomic E-state index is 0.270. The van der Waals surface area contributed by atoms with Gasteiger partial charge in [-0.2, -0.15) is 0 Å². The largest absolute Gasteiger partial charge is 0.474 e. The van der Waals surface area contributed by atoms with Gasteiger partial charge in [0, 0.05) is 6.07 Å². The summed E-state index contributed by atoms with van der Waals surface area (Å²) in [5.41, 5.74) is 6.64. The highest BCUT2D eigenvalue weighted by Gasteiger charge is 2.27. The first kappa shape index (κ1) is 13.3. The molecule has 1 aliphatic rings. The SMILES string of the molecule is CC1(C)CCC(Oc2cccc(C(N)=S)n2)CC1. The number of hydrogen-bond acceptors (Lipinski definition) is 3. The summed E-state index contributed by atoms with van der Waals surface area (Å²) in [6, 6.07) is 5.55. The maximum atomic E-state index is 5.91. The smallest absolute Gasteiger partial charge is 0.214 e. The van der Waals surface area contributed by atoms with Crippen LogP contribution in [0.3, 0.4) is 0 Å². The highest BCUT2D eigenvalue weighted by Crippen LogP contribution is 2.36. The molecule has 0 radical (unpaired) electrons. The summed E-state index contributed by atoms with van der Waals surface area (Å²) in [5, 5.41) is 0. The number of hydrogen-bond donors (Lipinski definition) is 1. The molecule has 2 N–H and O–H groups in total. The Morgan fingerprint density at radius 3 is 2.67 bits per heavy atom. The lowest BCUT2D eigenvalue weighted by atomic mass is 9.76. The zero-order chi connectivity index (χ0) is 13.2. The molecule has 0 saturated heterocycles. The third kappa shape index (κ3) is 3.42. The van der Waals surface area contributed by atoms with Crippen molar-refractivity contribution in [3.8, 4) is 5.88 Å². The second kappa shape index (κ2) is 5.22. The molecule has 0 bridgehead atoms. The van der Waals surface area contributed by atoms with Gasteiger partial charge in [-0.3, -0.25) is 0 Å². The fraction of sp³-hybridized carbons (Fsp3) is 0.571. The van der Waals surface area contributed by atoms with Gasteiger partial charge in [0.15, 0.2) is 0 Å². The molecule has 2 rings (SSSR count). The predicted molar refractivity (Wildman–Crippen MR) is 76.8 cm³/mol. The van der Waals surface area contributed by atoms with E-state index < -0.39 is 0 Å². The number of nitrogens with zero attached hydrogens (tertiary/aromatic N) is 1. The van der Waals surface area contributed by atoms with Crippen molar-refractivity contribution in [1.29, 1.82) is 0 Å². The van der Waals surface area contributed by atoms with E-state index >= 15 is 0 Å². The van der Waals surface area contributed by atoms with Crippen molar-refractivity contribution in [2.75, 3.05) is 0 Å². The molecule has 0 aromatic carbocycles. The van der Waals surface area contributed by atoms with E-state index in [9.17, 15) is 0 Å². The van der Waals surface area contributed by atoms with Gasteiger partial charge in [-0.15, -0.1) is 0 Å². The molecule has 0 aliphatic heterocycles. The fourth-order valence-corrected chi connectivity index (χ4v) is 2.39. The highest BCUT2D eigenvalue weighted by atomic mass is 32.1. The van der Waals surface area contributed by atoms with E-state index in [2.05, 4.69) is 18.8 Å². The molecule has 1 fully saturated rings. The molecule has 1 saturated carbocycles. The quantitative estimate of drug-likeness (QED) is 0.852. The lowest BCUT2D eigenvalue weighted by molar-refractivity contribution is 0.0949. The molecular formula is C14H20N2OS. The van der Waals surface area contributed by atoms with Gasteiger partial charge < -0.3 is 10.5 Å². The number of ether oxygens (including phenoxy) is 1. The maximum Gasteiger partial charge on any atom is 0.214 e. The minimum absolute atomic E-state index is 0.270. The molecule has 0 amide bonds. The van der Waals surface area contributed by atoms with E-state index in [0.717, 1.165) is 12.8 Å². The molecule has 0 atom stereocenters. The van der Waals surface area contributed by atoms with E-state index in [1.54, 1.807) is 6.07 Å². The number of aromatic nitrogens is 1. The number of rotatable bonds is 3. The summed E-state index contributed by atoms with van der Waals surface area (Å²) in [7, 11) is 0. The van der Waals surface area contributed by atoms with Crippen LogP contribution in [0.2, 0.25) is 0 Å². The van der Waals surface area contributed by atoms with Crippen molar-refractivity contribution in [3.05, 3.63) is 23.9 Å². The summed E-state index contributed by atoms with van der Waals surface area (Å²) >= 11 is 4.92. The summed E-state index contributed by atoms with van der Waals surface area (Å²) in [6.07, 6.45) is 4.85. The van der Waals surface area contributed by atoms with Gasteiger partial charge in [0.05, 0.1) is 0 Å². The predicted octanol–water partition coefficient (Wildman–Crippen LogP) is 3.06. The zero-order valence-corrected chi connectivity index (χ0v) is 11.8. The van der Waals surface area contributed by atoms with E-state index in [1.165, 1.54) is 12.8 Å². The molecule has 4 heteroatoms. The standard InChI is InChI=1S/C14H20N2OS/c1-14(2)8-6-10(7-9-14)17-12-5-3-4-11(16-12)13(15)18/h3-5,10H,6-9H2,1-2H3,(H2,15,18). The third-order valence-corrected chi connectivity index (χ3v) is 3.76. The Morgan fingerprint density at radius 1 is 1.39 bits per heavy atom. The summed E-state index contributed by atoms with van der Waals surface area (Å²) < 4.78 is 5.91. The van der Waals surface area contributed by atoms with Gasteiger partial charge in [-0.25, -0.2) is 4.98 Å². The van der Waals surface area contributed by atoms with Gasteiger partial charge in [-0.05, 0) is 37.2 Å². The van der Waals surface area contributed by atoms with E-state index in [4.69, 9.17) is 22.7 Å². The third-order valence-electron chi connectivity index (χ3n) is 3.55. The van der Waals surface area contributed by atoms with Crippen molar-refractivity contribution in [2.45, 2.75) is 45.6 Å². The Labute approximate surface area is 114 Å². The first-order valence-corrected chi connectivity index (χ1v) is 6.81. The Kier molecular flexibility index (Phi) is 3.85. The van der Waals surface area contributed by atoms with Gasteiger partial charge in [0.1, 0.15) is 16.8 Å². The van der Waals surface area contributed by atoms with Crippen LogP contribution in [0.4, 0.5) is 0 Å². The molecular weight excluding hydrogens is 244 g/mol. The molecule has 1 aliphatic carbocycles. The van der Waals surface area contributed by atoms with Crippen LogP contribution in [0.5, 0.6) is 5.88 Å². The lowest BCUT2D eigenvalue weighted by Crippen LogP contribution is -2.28. The Morgan fingerprint density at radius 2 is 2.06 bits per heavy atom. The number of nitrogens with two attached hydrogens (primary N) is 1. The fourth-order valence-electron chi connectivity index (χ4n) is 2.28. The molecule has 1 aromatic rings. The summed E-state index contributed by atoms with van der Waals surface area (Å²) in [4.78, 5) is 4.62. The van der Waals surface area contributed by atoms with Crippen molar-refractivity contribution in [2.24, 2.45) is 11.1 Å². The number of pyridine rings is 1. The first-order chi connectivity index (χ1) is 8.46. The van der Waals surface area contributed by atoms with Crippen LogP contribution in [-0.4, -0.2) is 16.1 Å². The van der Waals surface area contributed by atoms with E-state index in [-0.39, 0.29) is 6.10 Å².